The maximum atomic E-state index is 7.36. The van der Waals surface area contributed by atoms with Crippen LogP contribution in [0.25, 0.3) is 0 Å². The lowest BCUT2D eigenvalue weighted by Crippen LogP contribution is -2.36. The largest absolute Gasteiger partial charge is 0.473 e. The second-order valence-corrected chi connectivity index (χ2v) is 6.46. The molecule has 1 aromatic heterocycles. The van der Waals surface area contributed by atoms with Crippen molar-refractivity contribution in [3.8, 4) is 0 Å². The average molecular weight is 143 g/mol. The van der Waals surface area contributed by atoms with Crippen LogP contribution < -0.4 is 5.19 Å². The van der Waals surface area contributed by atoms with E-state index in [9.17, 15) is 0 Å². The molecule has 1 rings (SSSR count). The van der Waals surface area contributed by atoms with Crippen molar-refractivity contribution >= 4 is 13.3 Å². The third-order valence-corrected chi connectivity index (χ3v) is 2.97. The third kappa shape index (κ3) is 1.45. The molecule has 0 atom stereocenters. The second-order valence-electron chi connectivity index (χ2n) is 2.64. The van der Waals surface area contributed by atoms with Gasteiger partial charge in [-0.05, 0) is 11.3 Å². The molecule has 0 aliphatic carbocycles. The molecular weight excluding hydrogens is 128 g/mol. The highest BCUT2D eigenvalue weighted by Crippen LogP contribution is 2.01. The van der Waals surface area contributed by atoms with Crippen LogP contribution in [-0.2, 0) is 0 Å². The first-order valence-corrected chi connectivity index (χ1v) is 5.88. The predicted octanol–water partition coefficient (Wildman–Crippen LogP) is 1.82. The van der Waals surface area contributed by atoms with E-state index in [0.29, 0.717) is 0 Å². The maximum Gasteiger partial charge on any atom is 0.0901 e. The van der Waals surface area contributed by atoms with Gasteiger partial charge in [0, 0.05) is 4.11 Å². The van der Waals surface area contributed by atoms with Crippen molar-refractivity contribution in [1.82, 2.24) is 0 Å². The van der Waals surface area contributed by atoms with Crippen LogP contribution in [0.5, 0.6) is 0 Å². The predicted molar refractivity (Wildman–Crippen MR) is 41.7 cm³/mol. The summed E-state index contributed by atoms with van der Waals surface area (Å²) in [4.78, 5) is 0. The van der Waals surface area contributed by atoms with E-state index in [4.69, 9.17) is 8.53 Å². The molecule has 0 aromatic carbocycles. The minimum Gasteiger partial charge on any atom is -0.473 e. The molecule has 0 spiro atoms. The molecule has 9 heavy (non-hydrogen) atoms. The number of hydrogen-bond acceptors (Lipinski definition) is 1. The van der Waals surface area contributed by atoms with Crippen LogP contribution in [0.3, 0.4) is 0 Å². The molecule has 1 nitrogen and oxygen atoms in total. The number of rotatable bonds is 1. The fourth-order valence-corrected chi connectivity index (χ4v) is 1.47. The van der Waals surface area contributed by atoms with Crippen molar-refractivity contribution in [3.05, 3.63) is 18.6 Å². The highest BCUT2D eigenvalue weighted by atomic mass is 28.3. The minimum absolute atomic E-state index is 0.850. The summed E-state index contributed by atoms with van der Waals surface area (Å²) in [6.45, 7) is 1.80. The summed E-state index contributed by atoms with van der Waals surface area (Å²) in [5, 5.41) is 0.850. The van der Waals surface area contributed by atoms with Crippen LogP contribution in [0.15, 0.2) is 23.0 Å². The fourth-order valence-electron chi connectivity index (χ4n) is 0.620. The summed E-state index contributed by atoms with van der Waals surface area (Å²) in [6, 6.07) is 1.75. The molecule has 0 fully saturated rings. The number of hydrogen-bond donors (Lipinski definition) is 0. The first-order valence-electron chi connectivity index (χ1n) is 4.38. The van der Waals surface area contributed by atoms with Crippen molar-refractivity contribution < 1.29 is 8.53 Å². The van der Waals surface area contributed by atoms with Crippen molar-refractivity contribution in [2.45, 2.75) is 19.6 Å². The first-order chi connectivity index (χ1) is 5.36. The van der Waals surface area contributed by atoms with Crippen LogP contribution >= 0.6 is 0 Å². The lowest BCUT2D eigenvalue weighted by atomic mass is 10.7. The monoisotopic (exact) mass is 143 g/mol. The van der Waals surface area contributed by atoms with Gasteiger partial charge in [0.1, 0.15) is 0 Å². The Balaban J connectivity index is 3.02. The van der Waals surface area contributed by atoms with E-state index < -0.39 is 14.5 Å². The van der Waals surface area contributed by atoms with Gasteiger partial charge in [-0.3, -0.25) is 0 Å². The highest BCUT2D eigenvalue weighted by Gasteiger charge is 2.16. The Morgan fingerprint density at radius 1 is 1.67 bits per heavy atom. The quantitative estimate of drug-likeness (QED) is 0.547. The molecule has 0 aliphatic heterocycles. The van der Waals surface area contributed by atoms with Gasteiger partial charge in [0.25, 0.3) is 0 Å². The van der Waals surface area contributed by atoms with Crippen molar-refractivity contribution in [3.63, 3.8) is 0 Å². The molecule has 0 saturated carbocycles. The Morgan fingerprint density at radius 2 is 2.44 bits per heavy atom. The molecule has 0 saturated heterocycles. The summed E-state index contributed by atoms with van der Waals surface area (Å²) in [7, 11) is -2.32. The second kappa shape index (κ2) is 2.03. The van der Waals surface area contributed by atoms with E-state index >= 15 is 0 Å². The van der Waals surface area contributed by atoms with Gasteiger partial charge < -0.3 is 4.42 Å². The first kappa shape index (κ1) is 3.61. The van der Waals surface area contributed by atoms with Gasteiger partial charge in [0.2, 0.25) is 0 Å². The van der Waals surface area contributed by atoms with Crippen molar-refractivity contribution in [2.24, 2.45) is 0 Å². The van der Waals surface area contributed by atoms with Crippen LogP contribution in [0.4, 0.5) is 0 Å². The molecule has 1 aromatic rings. The van der Waals surface area contributed by atoms with Crippen LogP contribution in [0.2, 0.25) is 19.6 Å². The Bertz CT molecular complexity index is 250. The molecule has 0 radical (unpaired) electrons. The molecule has 0 amide bonds. The summed E-state index contributed by atoms with van der Waals surface area (Å²) in [6.07, 6.45) is 3.06. The molecular formula is C7H12OSi. The van der Waals surface area contributed by atoms with Gasteiger partial charge in [-0.1, -0.05) is 19.6 Å². The van der Waals surface area contributed by atoms with Gasteiger partial charge in [-0.2, -0.15) is 0 Å². The van der Waals surface area contributed by atoms with Crippen molar-refractivity contribution in [2.75, 3.05) is 0 Å². The molecule has 0 unspecified atom stereocenters. The Kier molecular flexibility index (Phi) is 0.813. The zero-order valence-corrected chi connectivity index (χ0v) is 6.64. The van der Waals surface area contributed by atoms with Gasteiger partial charge in [0.05, 0.1) is 20.6 Å². The molecule has 50 valence electrons. The van der Waals surface area contributed by atoms with E-state index in [2.05, 4.69) is 0 Å². The van der Waals surface area contributed by atoms with Gasteiger partial charge >= 0.3 is 0 Å². The standard InChI is InChI=1S/C7H12OSi/c1-9(2,3)7-4-5-8-6-7/h4-6H,1-3H3/i1D3. The fraction of sp³-hybridized carbons (Fsp3) is 0.429. The zero-order chi connectivity index (χ0) is 9.41. The maximum absolute atomic E-state index is 7.36. The van der Waals surface area contributed by atoms with Crippen LogP contribution in [0, 0.1) is 0 Å². The third-order valence-electron chi connectivity index (χ3n) is 1.24. The Hall–Kier alpha value is -0.503. The van der Waals surface area contributed by atoms with E-state index in [1.165, 1.54) is 6.26 Å². The van der Waals surface area contributed by atoms with Crippen molar-refractivity contribution in [1.29, 1.82) is 0 Å². The molecule has 0 aliphatic rings. The van der Waals surface area contributed by atoms with Gasteiger partial charge in [0.15, 0.2) is 0 Å². The van der Waals surface area contributed by atoms with E-state index in [0.717, 1.165) is 5.19 Å². The average Bonchev–Trinajstić information content (AvgIpc) is 2.34. The smallest absolute Gasteiger partial charge is 0.0901 e. The lowest BCUT2D eigenvalue weighted by molar-refractivity contribution is 0.569. The Labute approximate surface area is 60.9 Å². The normalized spacial score (nSPS) is 18.2. The van der Waals surface area contributed by atoms with E-state index in [1.807, 2.05) is 13.1 Å². The topological polar surface area (TPSA) is 13.1 Å². The molecule has 0 bridgehead atoms. The Morgan fingerprint density at radius 3 is 2.89 bits per heavy atom. The molecule has 2 heteroatoms. The zero-order valence-electron chi connectivity index (χ0n) is 8.64. The summed E-state index contributed by atoms with van der Waals surface area (Å²) >= 11 is 0. The summed E-state index contributed by atoms with van der Waals surface area (Å²) in [5.74, 6) is 0. The summed E-state index contributed by atoms with van der Waals surface area (Å²) < 4.78 is 27.0. The van der Waals surface area contributed by atoms with E-state index in [1.54, 1.807) is 12.3 Å². The van der Waals surface area contributed by atoms with Gasteiger partial charge in [-0.25, -0.2) is 0 Å². The van der Waals surface area contributed by atoms with Crippen LogP contribution in [0.1, 0.15) is 4.11 Å². The van der Waals surface area contributed by atoms with Gasteiger partial charge in [-0.15, -0.1) is 0 Å². The van der Waals surface area contributed by atoms with Crippen LogP contribution in [-0.4, -0.2) is 8.07 Å². The SMILES string of the molecule is [2H]C([2H])([2H])[Si](C)(C)c1ccoc1. The molecule has 1 heterocycles. The van der Waals surface area contributed by atoms with E-state index in [-0.39, 0.29) is 0 Å². The molecule has 0 N–H and O–H groups in total. The minimum atomic E-state index is -2.32. The summed E-state index contributed by atoms with van der Waals surface area (Å²) in [5.41, 5.74) is 0. The number of furan rings is 1. The lowest BCUT2D eigenvalue weighted by Gasteiger charge is -2.11. The highest BCUT2D eigenvalue weighted by molar-refractivity contribution is 6.88.